The van der Waals surface area contributed by atoms with Crippen molar-refractivity contribution >= 4 is 39.7 Å². The minimum absolute atomic E-state index is 0.0349. The number of H-pyrrole nitrogens is 1. The van der Waals surface area contributed by atoms with Gasteiger partial charge < -0.3 is 25.6 Å². The zero-order valence-corrected chi connectivity index (χ0v) is 20.3. The summed E-state index contributed by atoms with van der Waals surface area (Å²) in [6.07, 6.45) is 1.29. The van der Waals surface area contributed by atoms with Gasteiger partial charge in [0.15, 0.2) is 17.1 Å². The number of fused-ring (bicyclic) bond motifs is 2. The lowest BCUT2D eigenvalue weighted by Gasteiger charge is -2.17. The van der Waals surface area contributed by atoms with E-state index in [0.29, 0.717) is 35.5 Å². The van der Waals surface area contributed by atoms with E-state index in [1.165, 1.54) is 0 Å². The predicted octanol–water partition coefficient (Wildman–Crippen LogP) is 3.31. The number of nitrogens with one attached hydrogen (secondary N) is 3. The molecule has 0 saturated carbocycles. The highest BCUT2D eigenvalue weighted by Gasteiger charge is 2.25. The number of aromatic amines is 1. The summed E-state index contributed by atoms with van der Waals surface area (Å²) >= 11 is 0. The maximum Gasteiger partial charge on any atom is 0.292 e. The first kappa shape index (κ1) is 23.3. The molecule has 36 heavy (non-hydrogen) atoms. The third-order valence-corrected chi connectivity index (χ3v) is 6.26. The minimum atomic E-state index is -0.439. The van der Waals surface area contributed by atoms with E-state index in [4.69, 9.17) is 10.2 Å². The fourth-order valence-corrected chi connectivity index (χ4v) is 4.49. The van der Waals surface area contributed by atoms with Gasteiger partial charge in [-0.1, -0.05) is 11.6 Å². The molecule has 5 N–H and O–H groups in total. The number of rotatable bonds is 8. The first-order valence-corrected chi connectivity index (χ1v) is 11.6. The number of aldehydes is 1. The van der Waals surface area contributed by atoms with Gasteiger partial charge in [-0.05, 0) is 57.3 Å². The average Bonchev–Trinajstić information content (AvgIpc) is 3.41. The van der Waals surface area contributed by atoms with E-state index >= 15 is 0 Å². The number of nitrogens with two attached hydrogens (primary N) is 1. The summed E-state index contributed by atoms with van der Waals surface area (Å²) in [5.74, 6) is 0.725. The maximum atomic E-state index is 12.6. The van der Waals surface area contributed by atoms with E-state index in [1.807, 2.05) is 57.3 Å². The molecule has 3 aromatic heterocycles. The molecule has 0 radical (unpaired) electrons. The predicted molar refractivity (Wildman–Crippen MR) is 141 cm³/mol. The highest BCUT2D eigenvalue weighted by molar-refractivity contribution is 6.02. The van der Waals surface area contributed by atoms with E-state index in [9.17, 15) is 9.59 Å². The van der Waals surface area contributed by atoms with Crippen LogP contribution in [0.25, 0.3) is 39.0 Å². The Hall–Kier alpha value is -4.44. The van der Waals surface area contributed by atoms with E-state index in [1.54, 1.807) is 4.68 Å². The number of aromatic nitrogens is 4. The lowest BCUT2D eigenvalue weighted by molar-refractivity contribution is -0.108. The Labute approximate surface area is 206 Å². The van der Waals surface area contributed by atoms with Crippen LogP contribution in [-0.2, 0) is 4.79 Å². The van der Waals surface area contributed by atoms with Gasteiger partial charge in [0.25, 0.3) is 5.56 Å². The summed E-state index contributed by atoms with van der Waals surface area (Å²) in [7, 11) is 1.84. The van der Waals surface area contributed by atoms with Gasteiger partial charge in [-0.15, -0.1) is 0 Å². The van der Waals surface area contributed by atoms with E-state index in [0.717, 1.165) is 34.1 Å². The molecule has 10 nitrogen and oxygen atoms in total. The van der Waals surface area contributed by atoms with Crippen LogP contribution in [0.15, 0.2) is 51.7 Å². The van der Waals surface area contributed by atoms with Crippen LogP contribution >= 0.6 is 0 Å². The van der Waals surface area contributed by atoms with Crippen molar-refractivity contribution in [2.45, 2.75) is 26.3 Å². The first-order valence-electron chi connectivity index (χ1n) is 11.6. The molecule has 0 spiro atoms. The largest absolute Gasteiger partial charge is 0.454 e. The molecule has 1 unspecified atom stereocenters. The number of benzene rings is 2. The van der Waals surface area contributed by atoms with Gasteiger partial charge in [0.05, 0.1) is 11.1 Å². The monoisotopic (exact) mass is 485 g/mol. The van der Waals surface area contributed by atoms with Crippen molar-refractivity contribution in [1.82, 2.24) is 25.3 Å². The summed E-state index contributed by atoms with van der Waals surface area (Å²) in [5, 5.41) is 18.9. The smallest absolute Gasteiger partial charge is 0.292 e. The van der Waals surface area contributed by atoms with Crippen LogP contribution < -0.4 is 21.9 Å². The highest BCUT2D eigenvalue weighted by Crippen LogP contribution is 2.39. The van der Waals surface area contributed by atoms with Crippen molar-refractivity contribution in [2.24, 2.45) is 0 Å². The van der Waals surface area contributed by atoms with Crippen LogP contribution in [0.3, 0.4) is 0 Å². The molecule has 0 aliphatic rings. The van der Waals surface area contributed by atoms with Crippen molar-refractivity contribution in [1.29, 1.82) is 0 Å². The molecule has 10 heteroatoms. The Morgan fingerprint density at radius 3 is 2.69 bits per heavy atom. The topological polar surface area (TPSA) is 144 Å². The molecule has 0 aliphatic carbocycles. The minimum Gasteiger partial charge on any atom is -0.454 e. The zero-order chi connectivity index (χ0) is 25.4. The van der Waals surface area contributed by atoms with E-state index in [-0.39, 0.29) is 17.4 Å². The number of hydrogen-bond donors (Lipinski definition) is 4. The maximum absolute atomic E-state index is 12.6. The number of anilines is 2. The summed E-state index contributed by atoms with van der Waals surface area (Å²) < 4.78 is 7.95. The van der Waals surface area contributed by atoms with Crippen molar-refractivity contribution in [3.8, 4) is 17.1 Å². The molecule has 0 amide bonds. The van der Waals surface area contributed by atoms with Gasteiger partial charge in [-0.3, -0.25) is 4.79 Å². The zero-order valence-electron chi connectivity index (χ0n) is 20.3. The van der Waals surface area contributed by atoms with Crippen molar-refractivity contribution < 1.29 is 9.21 Å². The summed E-state index contributed by atoms with van der Waals surface area (Å²) in [4.78, 5) is 23.6. The fourth-order valence-electron chi connectivity index (χ4n) is 4.49. The summed E-state index contributed by atoms with van der Waals surface area (Å²) in [5.41, 5.74) is 10.9. The second-order valence-corrected chi connectivity index (χ2v) is 8.83. The number of aryl methyl sites for hydroxylation is 2. The second kappa shape index (κ2) is 9.31. The van der Waals surface area contributed by atoms with Crippen LogP contribution in [0.5, 0.6) is 0 Å². The lowest BCUT2D eigenvalue weighted by Crippen LogP contribution is -2.31. The van der Waals surface area contributed by atoms with Gasteiger partial charge in [-0.25, -0.2) is 9.78 Å². The molecule has 1 atom stereocenters. The Morgan fingerprint density at radius 1 is 1.19 bits per heavy atom. The standard InChI is InChI=1S/C26H27N7O3/c1-14-4-9-20-19(12-14)15(2)24(36-20)23-21-22(26(35)31-30-25(21)27)32-33(23)18-7-5-16(6-8-18)29-17(10-11-34)13-28-3/h4-9,11-12,17,28-29H,10,13H2,1-3H3,(H2,27,30)(H,31,35). The average molecular weight is 486 g/mol. The van der Waals surface area contributed by atoms with Crippen molar-refractivity contribution in [3.05, 3.63) is 63.9 Å². The van der Waals surface area contributed by atoms with Gasteiger partial charge in [0, 0.05) is 35.6 Å². The van der Waals surface area contributed by atoms with Crippen LogP contribution in [0.2, 0.25) is 0 Å². The van der Waals surface area contributed by atoms with Gasteiger partial charge in [0.2, 0.25) is 0 Å². The molecule has 2 aromatic carbocycles. The third-order valence-electron chi connectivity index (χ3n) is 6.26. The lowest BCUT2D eigenvalue weighted by atomic mass is 10.1. The summed E-state index contributed by atoms with van der Waals surface area (Å²) in [6.45, 7) is 4.65. The second-order valence-electron chi connectivity index (χ2n) is 8.83. The molecule has 3 heterocycles. The summed E-state index contributed by atoms with van der Waals surface area (Å²) in [6, 6.07) is 13.5. The molecule has 0 bridgehead atoms. The number of nitrogens with zero attached hydrogens (tertiary/aromatic N) is 3. The number of carbonyl (C=O) groups excluding carboxylic acids is 1. The molecule has 0 saturated heterocycles. The molecular formula is C26H27N7O3. The Balaban J connectivity index is 1.67. The molecule has 184 valence electrons. The van der Waals surface area contributed by atoms with E-state index < -0.39 is 5.56 Å². The van der Waals surface area contributed by atoms with Crippen LogP contribution in [-0.4, -0.2) is 45.9 Å². The van der Waals surface area contributed by atoms with Gasteiger partial charge in [-0.2, -0.15) is 10.2 Å². The Bertz CT molecular complexity index is 1630. The van der Waals surface area contributed by atoms with Crippen molar-refractivity contribution in [3.63, 3.8) is 0 Å². The number of hydrogen-bond acceptors (Lipinski definition) is 8. The number of furan rings is 1. The van der Waals surface area contributed by atoms with Crippen LogP contribution in [0.4, 0.5) is 11.5 Å². The molecule has 0 fully saturated rings. The fraction of sp³-hybridized carbons (Fsp3) is 0.231. The Kier molecular flexibility index (Phi) is 6.03. The van der Waals surface area contributed by atoms with E-state index in [2.05, 4.69) is 32.0 Å². The van der Waals surface area contributed by atoms with Gasteiger partial charge >= 0.3 is 0 Å². The third kappa shape index (κ3) is 4.01. The number of carbonyl (C=O) groups is 1. The first-order chi connectivity index (χ1) is 17.4. The molecule has 5 aromatic rings. The normalized spacial score (nSPS) is 12.3. The quantitative estimate of drug-likeness (QED) is 0.245. The number of nitrogen functional groups attached to an aromatic ring is 1. The Morgan fingerprint density at radius 2 is 1.97 bits per heavy atom. The molecule has 5 rings (SSSR count). The van der Waals surface area contributed by atoms with Crippen molar-refractivity contribution in [2.75, 3.05) is 24.6 Å². The van der Waals surface area contributed by atoms with Crippen LogP contribution in [0.1, 0.15) is 17.5 Å². The molecule has 0 aliphatic heterocycles. The highest BCUT2D eigenvalue weighted by atomic mass is 16.3. The number of likely N-dealkylation sites (N-methyl/N-ethyl adjacent to an activating group) is 1. The van der Waals surface area contributed by atoms with Crippen LogP contribution in [0, 0.1) is 13.8 Å². The molecular weight excluding hydrogens is 458 g/mol. The van der Waals surface area contributed by atoms with Gasteiger partial charge in [0.1, 0.15) is 17.6 Å². The SMILES string of the molecule is CNCC(CC=O)Nc1ccc(-n2nc3c(=O)[nH]nc(N)c3c2-c2oc3ccc(C)cc3c2C)cc1.